The molecule has 0 spiro atoms. The lowest BCUT2D eigenvalue weighted by Gasteiger charge is -2.21. The van der Waals surface area contributed by atoms with E-state index in [1.165, 1.54) is 12.1 Å². The van der Waals surface area contributed by atoms with Crippen LogP contribution in [0.2, 0.25) is 10.0 Å². The smallest absolute Gasteiger partial charge is 0.124 e. The number of hydrogen-bond donors (Lipinski definition) is 1. The summed E-state index contributed by atoms with van der Waals surface area (Å²) in [7, 11) is 1.86. The zero-order valence-corrected chi connectivity index (χ0v) is 13.7. The molecule has 1 N–H and O–H groups in total. The Bertz CT molecular complexity index is 625. The average Bonchev–Trinajstić information content (AvgIpc) is 2.80. The Morgan fingerprint density at radius 2 is 2.00 bits per heavy atom. The predicted octanol–water partition coefficient (Wildman–Crippen LogP) is 4.41. The zero-order chi connectivity index (χ0) is 15.6. The Balaban J connectivity index is 2.34. The fourth-order valence-corrected chi connectivity index (χ4v) is 2.84. The number of nitrogens with one attached hydrogen (secondary N) is 1. The van der Waals surface area contributed by atoms with Crippen LogP contribution >= 0.6 is 23.2 Å². The molecule has 2 aromatic rings. The summed E-state index contributed by atoms with van der Waals surface area (Å²) in [5.74, 6) is -0.338. The summed E-state index contributed by atoms with van der Waals surface area (Å²) in [4.78, 5) is 0. The summed E-state index contributed by atoms with van der Waals surface area (Å²) in [5, 5.41) is 8.58. The summed E-state index contributed by atoms with van der Waals surface area (Å²) in [5.41, 5.74) is 1.78. The van der Waals surface area contributed by atoms with E-state index in [1.54, 1.807) is 12.3 Å². The molecule has 1 aromatic carbocycles. The molecule has 1 atom stereocenters. The van der Waals surface area contributed by atoms with Crippen molar-refractivity contribution in [3.8, 4) is 0 Å². The summed E-state index contributed by atoms with van der Waals surface area (Å²) in [6, 6.07) is 4.59. The number of rotatable bonds is 5. The van der Waals surface area contributed by atoms with Crippen LogP contribution in [0.25, 0.3) is 0 Å². The van der Waals surface area contributed by atoms with Crippen molar-refractivity contribution in [2.24, 2.45) is 0 Å². The van der Waals surface area contributed by atoms with Gasteiger partial charge in [0.15, 0.2) is 0 Å². The van der Waals surface area contributed by atoms with Gasteiger partial charge in [0.25, 0.3) is 0 Å². The Kier molecular flexibility index (Phi) is 5.25. The number of aromatic nitrogens is 2. The van der Waals surface area contributed by atoms with Gasteiger partial charge < -0.3 is 5.32 Å². The number of nitrogens with zero attached hydrogens (tertiary/aromatic N) is 2. The van der Waals surface area contributed by atoms with Crippen LogP contribution in [0, 0.1) is 5.82 Å². The Hall–Kier alpha value is -1.10. The fourth-order valence-electron chi connectivity index (χ4n) is 2.33. The predicted molar refractivity (Wildman–Crippen MR) is 84.5 cm³/mol. The second-order valence-electron chi connectivity index (χ2n) is 5.20. The normalized spacial score (nSPS) is 12.9. The van der Waals surface area contributed by atoms with Crippen LogP contribution in [0.3, 0.4) is 0 Å². The van der Waals surface area contributed by atoms with E-state index in [9.17, 15) is 4.39 Å². The third-order valence-corrected chi connectivity index (χ3v) is 4.04. The first-order valence-corrected chi connectivity index (χ1v) is 7.53. The van der Waals surface area contributed by atoms with Crippen molar-refractivity contribution in [3.63, 3.8) is 0 Å². The van der Waals surface area contributed by atoms with E-state index >= 15 is 0 Å². The molecule has 0 aliphatic rings. The van der Waals surface area contributed by atoms with E-state index in [0.29, 0.717) is 16.5 Å². The molecule has 0 amide bonds. The number of halogens is 3. The lowest BCUT2D eigenvalue weighted by Crippen LogP contribution is -2.23. The van der Waals surface area contributed by atoms with Crippen molar-refractivity contribution >= 4 is 23.2 Å². The molecule has 0 aliphatic carbocycles. The number of hydrogen-bond acceptors (Lipinski definition) is 2. The van der Waals surface area contributed by atoms with E-state index in [2.05, 4.69) is 10.4 Å². The zero-order valence-electron chi connectivity index (χ0n) is 12.2. The largest absolute Gasteiger partial charge is 0.311 e. The van der Waals surface area contributed by atoms with Gasteiger partial charge in [0.1, 0.15) is 5.82 Å². The molecule has 114 valence electrons. The minimum absolute atomic E-state index is 0.0506. The summed E-state index contributed by atoms with van der Waals surface area (Å²) >= 11 is 12.4. The third-order valence-electron chi connectivity index (χ3n) is 3.39. The Morgan fingerprint density at radius 3 is 2.57 bits per heavy atom. The van der Waals surface area contributed by atoms with Gasteiger partial charge in [-0.3, -0.25) is 4.68 Å². The maximum absolute atomic E-state index is 13.1. The molecule has 1 unspecified atom stereocenters. The van der Waals surface area contributed by atoms with Crippen molar-refractivity contribution in [2.45, 2.75) is 32.4 Å². The van der Waals surface area contributed by atoms with Crippen LogP contribution in [0.5, 0.6) is 0 Å². The van der Waals surface area contributed by atoms with Gasteiger partial charge in [-0.25, -0.2) is 4.39 Å². The standard InChI is InChI=1S/C15H18Cl2FN3/c1-9(2)21-15(13(17)8-20-21)14(19-3)6-10-4-5-11(18)7-12(10)16/h4-5,7-9,14,19H,6H2,1-3H3. The van der Waals surface area contributed by atoms with Crippen LogP contribution in [-0.2, 0) is 6.42 Å². The first kappa shape index (κ1) is 16.3. The van der Waals surface area contributed by atoms with E-state index in [4.69, 9.17) is 23.2 Å². The summed E-state index contributed by atoms with van der Waals surface area (Å²) in [6.07, 6.45) is 2.25. The van der Waals surface area contributed by atoms with Crippen molar-refractivity contribution in [1.82, 2.24) is 15.1 Å². The van der Waals surface area contributed by atoms with E-state index in [1.807, 2.05) is 25.6 Å². The summed E-state index contributed by atoms with van der Waals surface area (Å²) < 4.78 is 15.0. The van der Waals surface area contributed by atoms with E-state index in [-0.39, 0.29) is 17.9 Å². The number of benzene rings is 1. The maximum atomic E-state index is 13.1. The van der Waals surface area contributed by atoms with Crippen LogP contribution < -0.4 is 5.32 Å². The van der Waals surface area contributed by atoms with Crippen molar-refractivity contribution in [3.05, 3.63) is 51.5 Å². The molecule has 0 bridgehead atoms. The lowest BCUT2D eigenvalue weighted by atomic mass is 10.0. The highest BCUT2D eigenvalue weighted by Gasteiger charge is 2.21. The van der Waals surface area contributed by atoms with Gasteiger partial charge in [-0.15, -0.1) is 0 Å². The lowest BCUT2D eigenvalue weighted by molar-refractivity contribution is 0.460. The first-order chi connectivity index (χ1) is 9.93. The molecule has 3 nitrogen and oxygen atoms in total. The Labute approximate surface area is 134 Å². The van der Waals surface area contributed by atoms with Crippen molar-refractivity contribution in [1.29, 1.82) is 0 Å². The molecule has 0 aliphatic heterocycles. The fraction of sp³-hybridized carbons (Fsp3) is 0.400. The maximum Gasteiger partial charge on any atom is 0.124 e. The van der Waals surface area contributed by atoms with Crippen LogP contribution in [0.4, 0.5) is 4.39 Å². The van der Waals surface area contributed by atoms with Crippen molar-refractivity contribution in [2.75, 3.05) is 7.05 Å². The minimum Gasteiger partial charge on any atom is -0.311 e. The highest BCUT2D eigenvalue weighted by molar-refractivity contribution is 6.31. The highest BCUT2D eigenvalue weighted by Crippen LogP contribution is 2.29. The molecule has 0 radical (unpaired) electrons. The highest BCUT2D eigenvalue weighted by atomic mass is 35.5. The molecule has 1 aromatic heterocycles. The topological polar surface area (TPSA) is 29.9 Å². The minimum atomic E-state index is -0.338. The molecular weight excluding hydrogens is 312 g/mol. The van der Waals surface area contributed by atoms with E-state index in [0.717, 1.165) is 11.3 Å². The van der Waals surface area contributed by atoms with Crippen LogP contribution in [0.1, 0.15) is 37.2 Å². The molecule has 0 fully saturated rings. The van der Waals surface area contributed by atoms with Gasteiger partial charge in [-0.05, 0) is 45.0 Å². The van der Waals surface area contributed by atoms with Crippen LogP contribution in [-0.4, -0.2) is 16.8 Å². The first-order valence-electron chi connectivity index (χ1n) is 6.78. The van der Waals surface area contributed by atoms with Gasteiger partial charge >= 0.3 is 0 Å². The van der Waals surface area contributed by atoms with Gasteiger partial charge in [0.05, 0.1) is 23.0 Å². The molecule has 1 heterocycles. The Morgan fingerprint density at radius 1 is 1.29 bits per heavy atom. The molecule has 6 heteroatoms. The summed E-state index contributed by atoms with van der Waals surface area (Å²) in [6.45, 7) is 4.09. The molecule has 0 saturated carbocycles. The molecule has 2 rings (SSSR count). The number of likely N-dealkylation sites (N-methyl/N-ethyl adjacent to an activating group) is 1. The van der Waals surface area contributed by atoms with Gasteiger partial charge in [-0.2, -0.15) is 5.10 Å². The molecule has 21 heavy (non-hydrogen) atoms. The van der Waals surface area contributed by atoms with E-state index < -0.39 is 0 Å². The quantitative estimate of drug-likeness (QED) is 0.880. The molecular formula is C15H18Cl2FN3. The third kappa shape index (κ3) is 3.57. The second kappa shape index (κ2) is 6.77. The average molecular weight is 330 g/mol. The van der Waals surface area contributed by atoms with Gasteiger partial charge in [0.2, 0.25) is 0 Å². The second-order valence-corrected chi connectivity index (χ2v) is 6.01. The van der Waals surface area contributed by atoms with Crippen molar-refractivity contribution < 1.29 is 4.39 Å². The van der Waals surface area contributed by atoms with Crippen LogP contribution in [0.15, 0.2) is 24.4 Å². The van der Waals surface area contributed by atoms with Gasteiger partial charge in [0, 0.05) is 11.1 Å². The van der Waals surface area contributed by atoms with Gasteiger partial charge in [-0.1, -0.05) is 29.3 Å². The molecule has 0 saturated heterocycles. The SMILES string of the molecule is CNC(Cc1ccc(F)cc1Cl)c1c(Cl)cnn1C(C)C. The monoisotopic (exact) mass is 329 g/mol.